The lowest BCUT2D eigenvalue weighted by Crippen LogP contribution is -2.15. The third-order valence-electron chi connectivity index (χ3n) is 5.02. The molecule has 0 atom stereocenters. The van der Waals surface area contributed by atoms with E-state index in [2.05, 4.69) is 5.32 Å². The van der Waals surface area contributed by atoms with Gasteiger partial charge in [-0.15, -0.1) is 0 Å². The number of hydrogen-bond acceptors (Lipinski definition) is 4. The standard InChI is InChI=1S/C25H23NO4/c1-29-21-12-13-22(23(15-21)30-16-17-10-11-17)25(28)26-20-9-5-8-19(14-20)24(27)18-6-3-2-4-7-18/h2-9,12-15,17H,10-11,16H2,1H3,(H,26,28). The molecule has 0 saturated heterocycles. The molecule has 0 spiro atoms. The fraction of sp³-hybridized carbons (Fsp3) is 0.200. The smallest absolute Gasteiger partial charge is 0.259 e. The molecular weight excluding hydrogens is 378 g/mol. The maximum atomic E-state index is 12.9. The van der Waals surface area contributed by atoms with Crippen molar-refractivity contribution >= 4 is 17.4 Å². The Kier molecular flexibility index (Phi) is 5.80. The molecule has 5 nitrogen and oxygen atoms in total. The molecule has 0 radical (unpaired) electrons. The number of methoxy groups -OCH3 is 1. The van der Waals surface area contributed by atoms with Crippen LogP contribution in [0.5, 0.6) is 11.5 Å². The number of carbonyl (C=O) groups is 2. The molecular formula is C25H23NO4. The minimum absolute atomic E-state index is 0.0930. The van der Waals surface area contributed by atoms with Gasteiger partial charge in [0, 0.05) is 22.9 Å². The van der Waals surface area contributed by atoms with Crippen LogP contribution in [-0.2, 0) is 0 Å². The lowest BCUT2D eigenvalue weighted by molar-refractivity contribution is 0.101. The quantitative estimate of drug-likeness (QED) is 0.542. The molecule has 0 bridgehead atoms. The molecule has 1 amide bonds. The molecule has 30 heavy (non-hydrogen) atoms. The summed E-state index contributed by atoms with van der Waals surface area (Å²) in [5, 5.41) is 2.87. The summed E-state index contributed by atoms with van der Waals surface area (Å²) in [6.45, 7) is 0.592. The normalized spacial score (nSPS) is 12.8. The predicted octanol–water partition coefficient (Wildman–Crippen LogP) is 4.97. The van der Waals surface area contributed by atoms with E-state index in [0.717, 1.165) is 12.8 Å². The number of benzene rings is 3. The maximum absolute atomic E-state index is 12.9. The average Bonchev–Trinajstić information content (AvgIpc) is 3.62. The first-order valence-corrected chi connectivity index (χ1v) is 9.96. The zero-order valence-corrected chi connectivity index (χ0v) is 16.8. The van der Waals surface area contributed by atoms with Crippen molar-refractivity contribution in [3.63, 3.8) is 0 Å². The Morgan fingerprint density at radius 2 is 1.70 bits per heavy atom. The molecule has 152 valence electrons. The van der Waals surface area contributed by atoms with Gasteiger partial charge in [0.2, 0.25) is 0 Å². The molecule has 4 rings (SSSR count). The second-order valence-corrected chi connectivity index (χ2v) is 7.35. The number of ether oxygens (including phenoxy) is 2. The van der Waals surface area contributed by atoms with Crippen molar-refractivity contribution in [3.05, 3.63) is 89.5 Å². The molecule has 0 heterocycles. The van der Waals surface area contributed by atoms with Crippen molar-refractivity contribution in [1.29, 1.82) is 0 Å². The molecule has 1 fully saturated rings. The average molecular weight is 401 g/mol. The summed E-state index contributed by atoms with van der Waals surface area (Å²) < 4.78 is 11.2. The van der Waals surface area contributed by atoms with E-state index < -0.39 is 0 Å². The summed E-state index contributed by atoms with van der Waals surface area (Å²) in [6, 6.07) is 21.1. The Morgan fingerprint density at radius 1 is 0.933 bits per heavy atom. The van der Waals surface area contributed by atoms with Crippen molar-refractivity contribution in [2.24, 2.45) is 5.92 Å². The molecule has 3 aromatic carbocycles. The molecule has 5 heteroatoms. The number of carbonyl (C=O) groups excluding carboxylic acids is 2. The van der Waals surface area contributed by atoms with Crippen LogP contribution in [0.2, 0.25) is 0 Å². The Morgan fingerprint density at radius 3 is 2.43 bits per heavy atom. The molecule has 1 aliphatic carbocycles. The van der Waals surface area contributed by atoms with Gasteiger partial charge in [0.1, 0.15) is 11.5 Å². The van der Waals surface area contributed by atoms with Crippen LogP contribution in [0.25, 0.3) is 0 Å². The van der Waals surface area contributed by atoms with Crippen molar-refractivity contribution in [2.75, 3.05) is 19.0 Å². The first kappa shape index (κ1) is 19.7. The number of rotatable bonds is 8. The van der Waals surface area contributed by atoms with E-state index >= 15 is 0 Å². The van der Waals surface area contributed by atoms with Crippen LogP contribution in [0.3, 0.4) is 0 Å². The Hall–Kier alpha value is -3.60. The van der Waals surface area contributed by atoms with Gasteiger partial charge >= 0.3 is 0 Å². The summed E-state index contributed by atoms with van der Waals surface area (Å²) in [5.41, 5.74) is 2.09. The van der Waals surface area contributed by atoms with Crippen molar-refractivity contribution in [3.8, 4) is 11.5 Å². The highest BCUT2D eigenvalue weighted by Crippen LogP contribution is 2.32. The molecule has 1 N–H and O–H groups in total. The Balaban J connectivity index is 1.53. The molecule has 0 aromatic heterocycles. The Bertz CT molecular complexity index is 1060. The number of anilines is 1. The van der Waals surface area contributed by atoms with Gasteiger partial charge < -0.3 is 14.8 Å². The van der Waals surface area contributed by atoms with E-state index in [9.17, 15) is 9.59 Å². The van der Waals surface area contributed by atoms with Crippen LogP contribution in [-0.4, -0.2) is 25.4 Å². The van der Waals surface area contributed by atoms with E-state index in [1.54, 1.807) is 61.7 Å². The van der Waals surface area contributed by atoms with E-state index in [4.69, 9.17) is 9.47 Å². The number of hydrogen-bond donors (Lipinski definition) is 1. The van der Waals surface area contributed by atoms with Crippen molar-refractivity contribution < 1.29 is 19.1 Å². The second kappa shape index (κ2) is 8.82. The number of ketones is 1. The molecule has 0 unspecified atom stereocenters. The van der Waals surface area contributed by atoms with Crippen molar-refractivity contribution in [2.45, 2.75) is 12.8 Å². The topological polar surface area (TPSA) is 64.6 Å². The minimum atomic E-state index is -0.298. The van der Waals surface area contributed by atoms with Gasteiger partial charge in [-0.25, -0.2) is 0 Å². The van der Waals surface area contributed by atoms with Gasteiger partial charge in [0.15, 0.2) is 5.78 Å². The van der Waals surface area contributed by atoms with Crippen LogP contribution in [0.1, 0.15) is 39.1 Å². The summed E-state index contributed by atoms with van der Waals surface area (Å²) in [4.78, 5) is 25.6. The van der Waals surface area contributed by atoms with Crippen LogP contribution in [0, 0.1) is 5.92 Å². The van der Waals surface area contributed by atoms with Crippen LogP contribution >= 0.6 is 0 Å². The number of nitrogens with one attached hydrogen (secondary N) is 1. The fourth-order valence-electron chi connectivity index (χ4n) is 3.12. The third-order valence-corrected chi connectivity index (χ3v) is 5.02. The fourth-order valence-corrected chi connectivity index (χ4v) is 3.12. The van der Waals surface area contributed by atoms with Gasteiger partial charge in [-0.1, -0.05) is 42.5 Å². The van der Waals surface area contributed by atoms with Gasteiger partial charge in [0.25, 0.3) is 5.91 Å². The molecule has 1 aliphatic rings. The van der Waals surface area contributed by atoms with Crippen LogP contribution in [0.15, 0.2) is 72.8 Å². The summed E-state index contributed by atoms with van der Waals surface area (Å²) in [5.74, 6) is 1.30. The van der Waals surface area contributed by atoms with Gasteiger partial charge in [-0.05, 0) is 43.0 Å². The van der Waals surface area contributed by atoms with E-state index in [1.807, 2.05) is 18.2 Å². The van der Waals surface area contributed by atoms with Gasteiger partial charge in [0.05, 0.1) is 19.3 Å². The third kappa shape index (κ3) is 4.69. The predicted molar refractivity (Wildman–Crippen MR) is 115 cm³/mol. The second-order valence-electron chi connectivity index (χ2n) is 7.35. The van der Waals surface area contributed by atoms with Gasteiger partial charge in [-0.2, -0.15) is 0 Å². The van der Waals surface area contributed by atoms with Crippen LogP contribution < -0.4 is 14.8 Å². The van der Waals surface area contributed by atoms with E-state index in [1.165, 1.54) is 0 Å². The maximum Gasteiger partial charge on any atom is 0.259 e. The molecule has 1 saturated carbocycles. The lowest BCUT2D eigenvalue weighted by atomic mass is 10.0. The minimum Gasteiger partial charge on any atom is -0.497 e. The first-order valence-electron chi connectivity index (χ1n) is 9.96. The zero-order valence-electron chi connectivity index (χ0n) is 16.8. The zero-order chi connectivity index (χ0) is 20.9. The highest BCUT2D eigenvalue weighted by molar-refractivity contribution is 6.10. The van der Waals surface area contributed by atoms with Crippen molar-refractivity contribution in [1.82, 2.24) is 0 Å². The van der Waals surface area contributed by atoms with E-state index in [-0.39, 0.29) is 11.7 Å². The Labute approximate surface area is 175 Å². The van der Waals surface area contributed by atoms with E-state index in [0.29, 0.717) is 46.4 Å². The highest BCUT2D eigenvalue weighted by Gasteiger charge is 2.23. The summed E-state index contributed by atoms with van der Waals surface area (Å²) in [6.07, 6.45) is 2.32. The number of amides is 1. The summed E-state index contributed by atoms with van der Waals surface area (Å²) >= 11 is 0. The van der Waals surface area contributed by atoms with Gasteiger partial charge in [-0.3, -0.25) is 9.59 Å². The lowest BCUT2D eigenvalue weighted by Gasteiger charge is -2.13. The SMILES string of the molecule is COc1ccc(C(=O)Nc2cccc(C(=O)c3ccccc3)c2)c(OCC2CC2)c1. The molecule has 3 aromatic rings. The van der Waals surface area contributed by atoms with Crippen LogP contribution in [0.4, 0.5) is 5.69 Å². The monoisotopic (exact) mass is 401 g/mol. The first-order chi connectivity index (χ1) is 14.6. The largest absolute Gasteiger partial charge is 0.497 e. The molecule has 0 aliphatic heterocycles. The highest BCUT2D eigenvalue weighted by atomic mass is 16.5. The summed E-state index contributed by atoms with van der Waals surface area (Å²) in [7, 11) is 1.58.